The van der Waals surface area contributed by atoms with Gasteiger partial charge >= 0.3 is 12.0 Å². The van der Waals surface area contributed by atoms with Gasteiger partial charge in [-0.1, -0.05) is 26.7 Å². The van der Waals surface area contributed by atoms with E-state index in [1.165, 1.54) is 0 Å². The molecule has 0 aliphatic carbocycles. The number of aliphatic hydroxyl groups is 1. The Hall–Kier alpha value is -1.73. The number of hydrogen-bond donors (Lipinski definition) is 2. The minimum atomic E-state index is -1.15. The maximum atomic E-state index is 13.0. The van der Waals surface area contributed by atoms with Gasteiger partial charge in [-0.05, 0) is 19.3 Å². The maximum Gasteiger partial charge on any atom is 0.521 e. The first kappa shape index (κ1) is 19.6. The van der Waals surface area contributed by atoms with Gasteiger partial charge in [-0.2, -0.15) is 9.28 Å². The monoisotopic (exact) mass is 352 g/mol. The molecular formula is C18H30N3O4+. The number of imidazole rings is 1. The van der Waals surface area contributed by atoms with Crippen molar-refractivity contribution >= 4 is 12.0 Å². The molecule has 2 unspecified atom stereocenters. The van der Waals surface area contributed by atoms with E-state index in [1.54, 1.807) is 12.5 Å². The Labute approximate surface area is 148 Å². The molecule has 0 aromatic carbocycles. The lowest BCUT2D eigenvalue weighted by Crippen LogP contribution is -2.57. The van der Waals surface area contributed by atoms with Crippen LogP contribution in [-0.4, -0.2) is 55.4 Å². The molecule has 2 amide bonds. The third-order valence-corrected chi connectivity index (χ3v) is 5.46. The average molecular weight is 352 g/mol. The Bertz CT molecular complexity index is 615. The van der Waals surface area contributed by atoms with Gasteiger partial charge in [-0.3, -0.25) is 0 Å². The molecule has 4 atom stereocenters. The Kier molecular flexibility index (Phi) is 6.35. The molecule has 0 bridgehead atoms. The van der Waals surface area contributed by atoms with E-state index >= 15 is 0 Å². The fraction of sp³-hybridized carbons (Fsp3) is 0.722. The number of carbonyl (C=O) groups is 2. The smallest absolute Gasteiger partial charge is 0.435 e. The minimum absolute atomic E-state index is 0.0352. The first-order valence-electron chi connectivity index (χ1n) is 9.13. The minimum Gasteiger partial charge on any atom is -0.435 e. The Morgan fingerprint density at radius 2 is 2.20 bits per heavy atom. The number of rotatable bonds is 8. The third kappa shape index (κ3) is 3.93. The number of hydrogen-bond acceptors (Lipinski definition) is 4. The summed E-state index contributed by atoms with van der Waals surface area (Å²) in [6.07, 6.45) is 5.07. The van der Waals surface area contributed by atoms with Crippen molar-refractivity contribution in [2.24, 2.45) is 18.9 Å². The lowest BCUT2D eigenvalue weighted by molar-refractivity contribution is -0.779. The van der Waals surface area contributed by atoms with Crippen molar-refractivity contribution in [3.63, 3.8) is 0 Å². The highest BCUT2D eigenvalue weighted by Crippen LogP contribution is 2.36. The Morgan fingerprint density at radius 1 is 1.48 bits per heavy atom. The number of carboxylic acid groups (broad SMARTS) is 1. The first-order chi connectivity index (χ1) is 11.9. The van der Waals surface area contributed by atoms with E-state index in [0.29, 0.717) is 19.3 Å². The molecule has 1 aromatic rings. The van der Waals surface area contributed by atoms with E-state index < -0.39 is 16.7 Å². The van der Waals surface area contributed by atoms with Gasteiger partial charge < -0.3 is 14.8 Å². The molecule has 7 heteroatoms. The number of unbranched alkanes of at least 4 members (excludes halogenated alkanes) is 1. The summed E-state index contributed by atoms with van der Waals surface area (Å²) in [5.41, 5.74) is 0.994. The Morgan fingerprint density at radius 3 is 2.72 bits per heavy atom. The SMILES string of the molecule is CCCCC(O)C[N+]1(C(=O)O)C[C@H](Cc2cncn2C)[C@@H](CC)C1=O. The van der Waals surface area contributed by atoms with Crippen molar-refractivity contribution in [3.05, 3.63) is 18.2 Å². The van der Waals surface area contributed by atoms with Crippen molar-refractivity contribution in [2.75, 3.05) is 13.1 Å². The van der Waals surface area contributed by atoms with E-state index in [0.717, 1.165) is 18.5 Å². The summed E-state index contributed by atoms with van der Waals surface area (Å²) in [5, 5.41) is 20.1. The van der Waals surface area contributed by atoms with Crippen molar-refractivity contribution in [3.8, 4) is 0 Å². The van der Waals surface area contributed by atoms with Gasteiger partial charge in [0.05, 0.1) is 12.2 Å². The molecule has 1 aliphatic rings. The molecule has 7 nitrogen and oxygen atoms in total. The highest BCUT2D eigenvalue weighted by molar-refractivity contribution is 5.84. The van der Waals surface area contributed by atoms with Crippen LogP contribution < -0.4 is 0 Å². The van der Waals surface area contributed by atoms with Crippen LogP contribution in [0.2, 0.25) is 0 Å². The fourth-order valence-electron chi connectivity index (χ4n) is 4.01. The second kappa shape index (κ2) is 8.10. The molecule has 2 N–H and O–H groups in total. The lowest BCUT2D eigenvalue weighted by Gasteiger charge is -2.28. The summed E-state index contributed by atoms with van der Waals surface area (Å²) in [5.74, 6) is -0.621. The van der Waals surface area contributed by atoms with Gasteiger partial charge in [-0.25, -0.2) is 9.78 Å². The van der Waals surface area contributed by atoms with Crippen LogP contribution in [0.25, 0.3) is 0 Å². The first-order valence-corrected chi connectivity index (χ1v) is 9.13. The van der Waals surface area contributed by atoms with Crippen LogP contribution >= 0.6 is 0 Å². The normalized spacial score (nSPS) is 27.6. The number of amides is 2. The van der Waals surface area contributed by atoms with E-state index in [4.69, 9.17) is 0 Å². The van der Waals surface area contributed by atoms with Crippen LogP contribution in [0.15, 0.2) is 12.5 Å². The van der Waals surface area contributed by atoms with Crippen molar-refractivity contribution in [2.45, 2.75) is 52.1 Å². The summed E-state index contributed by atoms with van der Waals surface area (Å²) in [6.45, 7) is 4.15. The number of aromatic nitrogens is 2. The maximum absolute atomic E-state index is 13.0. The van der Waals surface area contributed by atoms with Crippen molar-refractivity contribution in [1.82, 2.24) is 9.55 Å². The summed E-state index contributed by atoms with van der Waals surface area (Å²) >= 11 is 0. The molecular weight excluding hydrogens is 322 g/mol. The summed E-state index contributed by atoms with van der Waals surface area (Å²) < 4.78 is 1.26. The van der Waals surface area contributed by atoms with Gasteiger partial charge in [0.2, 0.25) is 0 Å². The van der Waals surface area contributed by atoms with Crippen molar-refractivity contribution in [1.29, 1.82) is 0 Å². The number of imide groups is 1. The van der Waals surface area contributed by atoms with Crippen molar-refractivity contribution < 1.29 is 24.3 Å². The molecule has 2 rings (SSSR count). The number of aliphatic hydroxyl groups excluding tert-OH is 1. The van der Waals surface area contributed by atoms with E-state index in [2.05, 4.69) is 4.98 Å². The van der Waals surface area contributed by atoms with Crippen LogP contribution in [0.3, 0.4) is 0 Å². The summed E-state index contributed by atoms with van der Waals surface area (Å²) in [4.78, 5) is 29.1. The van der Waals surface area contributed by atoms with Crippen LogP contribution in [-0.2, 0) is 18.3 Å². The van der Waals surface area contributed by atoms with Gasteiger partial charge in [0.1, 0.15) is 19.2 Å². The van der Waals surface area contributed by atoms with Crippen LogP contribution in [0.1, 0.15) is 45.2 Å². The highest BCUT2D eigenvalue weighted by atomic mass is 16.4. The predicted molar refractivity (Wildman–Crippen MR) is 92.7 cm³/mol. The Balaban J connectivity index is 2.23. The molecule has 1 fully saturated rings. The number of nitrogens with zero attached hydrogens (tertiary/aromatic N) is 3. The molecule has 1 saturated heterocycles. The number of aryl methyl sites for hydroxylation is 1. The lowest BCUT2D eigenvalue weighted by atomic mass is 9.89. The topological polar surface area (TPSA) is 92.4 Å². The van der Waals surface area contributed by atoms with Gasteiger partial charge in [-0.15, -0.1) is 0 Å². The van der Waals surface area contributed by atoms with E-state index in [1.807, 2.05) is 25.5 Å². The van der Waals surface area contributed by atoms with Gasteiger partial charge in [0.25, 0.3) is 0 Å². The molecule has 140 valence electrons. The quantitative estimate of drug-likeness (QED) is 0.700. The molecule has 0 spiro atoms. The average Bonchev–Trinajstić information content (AvgIpc) is 3.08. The van der Waals surface area contributed by atoms with Crippen LogP contribution in [0.5, 0.6) is 0 Å². The zero-order valence-corrected chi connectivity index (χ0v) is 15.4. The van der Waals surface area contributed by atoms with E-state index in [-0.39, 0.29) is 30.8 Å². The number of likely N-dealkylation sites (tertiary alicyclic amines) is 1. The number of quaternary nitrogens is 1. The second-order valence-electron chi connectivity index (χ2n) is 7.22. The second-order valence-corrected chi connectivity index (χ2v) is 7.22. The predicted octanol–water partition coefficient (Wildman–Crippen LogP) is 2.19. The fourth-order valence-corrected chi connectivity index (χ4v) is 4.01. The van der Waals surface area contributed by atoms with E-state index in [9.17, 15) is 19.8 Å². The highest BCUT2D eigenvalue weighted by Gasteiger charge is 2.58. The molecule has 0 radical (unpaired) electrons. The molecule has 1 aromatic heterocycles. The van der Waals surface area contributed by atoms with Crippen LogP contribution in [0.4, 0.5) is 4.79 Å². The molecule has 1 aliphatic heterocycles. The molecule has 25 heavy (non-hydrogen) atoms. The zero-order chi connectivity index (χ0) is 18.6. The third-order valence-electron chi connectivity index (χ3n) is 5.46. The largest absolute Gasteiger partial charge is 0.521 e. The van der Waals surface area contributed by atoms with Crippen LogP contribution in [0, 0.1) is 11.8 Å². The molecule has 0 saturated carbocycles. The van der Waals surface area contributed by atoms with Gasteiger partial charge in [0, 0.05) is 24.9 Å². The van der Waals surface area contributed by atoms with Gasteiger partial charge in [0.15, 0.2) is 0 Å². The number of carbonyl (C=O) groups excluding carboxylic acids is 1. The molecule has 2 heterocycles. The standard InChI is InChI=1S/C18H29N3O4/c1-4-6-7-15(22)11-21(18(24)25)10-13(16(5-2)17(21)23)8-14-9-19-12-20(14)3/h9,12-13,15-16,22H,4-8,10-11H2,1-3H3/p+1/t13-,15?,16+,21?/m0/s1. The summed E-state index contributed by atoms with van der Waals surface area (Å²) in [6, 6.07) is 0. The zero-order valence-electron chi connectivity index (χ0n) is 15.4. The summed E-state index contributed by atoms with van der Waals surface area (Å²) in [7, 11) is 1.90.